The molecule has 1 aromatic heterocycles. The van der Waals surface area contributed by atoms with Crippen molar-refractivity contribution >= 4 is 32.6 Å². The van der Waals surface area contributed by atoms with E-state index in [-0.39, 0.29) is 5.91 Å². The number of nitrogens with one attached hydrogen (secondary N) is 1. The van der Waals surface area contributed by atoms with Gasteiger partial charge in [-0.15, -0.1) is 0 Å². The Bertz CT molecular complexity index is 648. The van der Waals surface area contributed by atoms with Crippen molar-refractivity contribution in [3.8, 4) is 0 Å². The van der Waals surface area contributed by atoms with E-state index in [9.17, 15) is 4.79 Å². The summed E-state index contributed by atoms with van der Waals surface area (Å²) in [7, 11) is 4.25. The number of thiazole rings is 1. The van der Waals surface area contributed by atoms with Crippen LogP contribution in [0.2, 0.25) is 0 Å². The van der Waals surface area contributed by atoms with Gasteiger partial charge in [0.05, 0.1) is 30.9 Å². The molecular weight excluding hydrogens is 282 g/mol. The van der Waals surface area contributed by atoms with Crippen molar-refractivity contribution in [2.75, 3.05) is 32.1 Å². The summed E-state index contributed by atoms with van der Waals surface area (Å²) in [6.07, 6.45) is 0.982. The standard InChI is InChI=1S/C16H23N3OS/c1-11-9-12(2)15-14(10-11)17-16(21-15)19(13(3)20)8-6-7-18(4)5/h9-10H,6-8H2,1-5H3/p+1. The van der Waals surface area contributed by atoms with E-state index in [1.165, 1.54) is 20.7 Å². The summed E-state index contributed by atoms with van der Waals surface area (Å²) in [5, 5.41) is 0.819. The fourth-order valence-corrected chi connectivity index (χ4v) is 3.54. The normalized spacial score (nSPS) is 11.3. The number of aromatic nitrogens is 1. The number of hydrogen-bond acceptors (Lipinski definition) is 3. The quantitative estimate of drug-likeness (QED) is 0.915. The highest BCUT2D eigenvalue weighted by Gasteiger charge is 2.17. The van der Waals surface area contributed by atoms with Crippen molar-refractivity contribution in [1.29, 1.82) is 0 Å². The molecule has 0 saturated heterocycles. The molecule has 21 heavy (non-hydrogen) atoms. The molecule has 0 saturated carbocycles. The summed E-state index contributed by atoms with van der Waals surface area (Å²) in [5.41, 5.74) is 3.44. The highest BCUT2D eigenvalue weighted by atomic mass is 32.1. The second-order valence-electron chi connectivity index (χ2n) is 5.91. The zero-order valence-corrected chi connectivity index (χ0v) is 14.3. The number of benzene rings is 1. The lowest BCUT2D eigenvalue weighted by molar-refractivity contribution is -0.858. The molecule has 1 N–H and O–H groups in total. The SMILES string of the molecule is CC(=O)N(CCC[NH+](C)C)c1nc2cc(C)cc(C)c2s1. The maximum atomic E-state index is 11.9. The smallest absolute Gasteiger partial charge is 0.225 e. The molecule has 0 fully saturated rings. The molecule has 1 aromatic carbocycles. The van der Waals surface area contributed by atoms with Gasteiger partial charge in [0.15, 0.2) is 5.13 Å². The van der Waals surface area contributed by atoms with Gasteiger partial charge in [0, 0.05) is 19.9 Å². The summed E-state index contributed by atoms with van der Waals surface area (Å²) in [5.74, 6) is 0.0668. The number of amides is 1. The van der Waals surface area contributed by atoms with Crippen LogP contribution in [0.1, 0.15) is 24.5 Å². The molecule has 1 amide bonds. The fraction of sp³-hybridized carbons (Fsp3) is 0.500. The number of carbonyl (C=O) groups is 1. The Hall–Kier alpha value is -1.46. The summed E-state index contributed by atoms with van der Waals surface area (Å²) in [6.45, 7) is 7.58. The second-order valence-corrected chi connectivity index (χ2v) is 6.89. The Morgan fingerprint density at radius 1 is 1.33 bits per heavy atom. The molecule has 2 aromatic rings. The van der Waals surface area contributed by atoms with Gasteiger partial charge in [-0.1, -0.05) is 17.4 Å². The van der Waals surface area contributed by atoms with Crippen molar-refractivity contribution in [1.82, 2.24) is 4.98 Å². The predicted molar refractivity (Wildman–Crippen MR) is 89.4 cm³/mol. The molecule has 0 aliphatic carbocycles. The lowest BCUT2D eigenvalue weighted by Crippen LogP contribution is -3.05. The van der Waals surface area contributed by atoms with Gasteiger partial charge in [0.2, 0.25) is 5.91 Å². The summed E-state index contributed by atoms with van der Waals surface area (Å²) in [6, 6.07) is 4.25. The number of carbonyl (C=O) groups excluding carboxylic acids is 1. The maximum absolute atomic E-state index is 11.9. The summed E-state index contributed by atoms with van der Waals surface area (Å²) >= 11 is 1.62. The predicted octanol–water partition coefficient (Wildman–Crippen LogP) is 1.80. The lowest BCUT2D eigenvalue weighted by Gasteiger charge is -2.18. The van der Waals surface area contributed by atoms with Crippen LogP contribution in [0.4, 0.5) is 5.13 Å². The van der Waals surface area contributed by atoms with Crippen molar-refractivity contribution in [3.63, 3.8) is 0 Å². The third kappa shape index (κ3) is 3.80. The molecule has 0 unspecified atom stereocenters. The van der Waals surface area contributed by atoms with Gasteiger partial charge in [0.1, 0.15) is 0 Å². The van der Waals surface area contributed by atoms with Crippen LogP contribution < -0.4 is 9.80 Å². The van der Waals surface area contributed by atoms with Gasteiger partial charge < -0.3 is 4.90 Å². The van der Waals surface area contributed by atoms with Crippen LogP contribution in [0.25, 0.3) is 10.2 Å². The molecule has 1 heterocycles. The van der Waals surface area contributed by atoms with Crippen molar-refractivity contribution in [3.05, 3.63) is 23.3 Å². The van der Waals surface area contributed by atoms with Gasteiger partial charge in [-0.05, 0) is 31.0 Å². The molecule has 0 atom stereocenters. The van der Waals surface area contributed by atoms with Crippen molar-refractivity contribution < 1.29 is 9.69 Å². The third-order valence-corrected chi connectivity index (χ3v) is 4.71. The average molecular weight is 306 g/mol. The number of anilines is 1. The Kier molecular flexibility index (Phi) is 4.96. The molecule has 4 nitrogen and oxygen atoms in total. The Morgan fingerprint density at radius 3 is 2.67 bits per heavy atom. The fourth-order valence-electron chi connectivity index (χ4n) is 2.46. The highest BCUT2D eigenvalue weighted by Crippen LogP contribution is 2.32. The van der Waals surface area contributed by atoms with Crippen LogP contribution in [-0.4, -0.2) is 38.1 Å². The molecule has 0 radical (unpaired) electrons. The zero-order chi connectivity index (χ0) is 15.6. The van der Waals surface area contributed by atoms with Crippen LogP contribution in [0.3, 0.4) is 0 Å². The van der Waals surface area contributed by atoms with E-state index in [1.54, 1.807) is 18.3 Å². The van der Waals surface area contributed by atoms with Crippen LogP contribution in [0, 0.1) is 13.8 Å². The number of aryl methyl sites for hydroxylation is 2. The molecule has 0 aliphatic rings. The van der Waals surface area contributed by atoms with Gasteiger partial charge in [0.25, 0.3) is 0 Å². The van der Waals surface area contributed by atoms with Crippen molar-refractivity contribution in [2.24, 2.45) is 0 Å². The number of hydrogen-bond donors (Lipinski definition) is 1. The van der Waals surface area contributed by atoms with E-state index in [2.05, 4.69) is 45.1 Å². The molecular formula is C16H24N3OS+. The third-order valence-electron chi connectivity index (χ3n) is 3.48. The molecule has 0 spiro atoms. The topological polar surface area (TPSA) is 37.6 Å². The number of quaternary nitrogens is 1. The van der Waals surface area contributed by atoms with Crippen LogP contribution >= 0.6 is 11.3 Å². The highest BCUT2D eigenvalue weighted by molar-refractivity contribution is 7.22. The first-order valence-corrected chi connectivity index (χ1v) is 8.15. The summed E-state index contributed by atoms with van der Waals surface area (Å²) in [4.78, 5) is 19.8. The minimum atomic E-state index is 0.0668. The minimum Gasteiger partial charge on any atom is -0.340 e. The van der Waals surface area contributed by atoms with Gasteiger partial charge >= 0.3 is 0 Å². The van der Waals surface area contributed by atoms with E-state index < -0.39 is 0 Å². The van der Waals surface area contributed by atoms with Gasteiger partial charge in [-0.25, -0.2) is 4.98 Å². The van der Waals surface area contributed by atoms with Gasteiger partial charge in [-0.3, -0.25) is 9.69 Å². The van der Waals surface area contributed by atoms with Gasteiger partial charge in [-0.2, -0.15) is 0 Å². The first-order chi connectivity index (χ1) is 9.88. The first kappa shape index (κ1) is 15.9. The molecule has 2 rings (SSSR count). The molecule has 5 heteroatoms. The van der Waals surface area contributed by atoms with E-state index in [4.69, 9.17) is 0 Å². The van der Waals surface area contributed by atoms with E-state index in [1.807, 2.05) is 4.90 Å². The average Bonchev–Trinajstić information content (AvgIpc) is 2.77. The Labute approximate surface area is 130 Å². The maximum Gasteiger partial charge on any atom is 0.225 e. The number of fused-ring (bicyclic) bond motifs is 1. The zero-order valence-electron chi connectivity index (χ0n) is 13.5. The van der Waals surface area contributed by atoms with E-state index in [0.717, 1.165) is 30.2 Å². The van der Waals surface area contributed by atoms with Crippen LogP contribution in [0.5, 0.6) is 0 Å². The summed E-state index contributed by atoms with van der Waals surface area (Å²) < 4.78 is 1.18. The van der Waals surface area contributed by atoms with E-state index >= 15 is 0 Å². The van der Waals surface area contributed by atoms with Crippen molar-refractivity contribution in [2.45, 2.75) is 27.2 Å². The minimum absolute atomic E-state index is 0.0668. The molecule has 0 aliphatic heterocycles. The second kappa shape index (κ2) is 6.54. The number of rotatable bonds is 5. The first-order valence-electron chi connectivity index (χ1n) is 7.33. The lowest BCUT2D eigenvalue weighted by atomic mass is 10.1. The Morgan fingerprint density at radius 2 is 2.05 bits per heavy atom. The monoisotopic (exact) mass is 306 g/mol. The van der Waals surface area contributed by atoms with E-state index in [0.29, 0.717) is 0 Å². The molecule has 114 valence electrons. The number of nitrogens with zero attached hydrogens (tertiary/aromatic N) is 2. The van der Waals surface area contributed by atoms with Crippen LogP contribution in [-0.2, 0) is 4.79 Å². The van der Waals surface area contributed by atoms with Crippen LogP contribution in [0.15, 0.2) is 12.1 Å². The Balaban J connectivity index is 2.28. The largest absolute Gasteiger partial charge is 0.340 e. The molecule has 0 bridgehead atoms.